The molecule has 1 fully saturated rings. The predicted octanol–water partition coefficient (Wildman–Crippen LogP) is 4.62. The van der Waals surface area contributed by atoms with Crippen LogP contribution in [0.4, 0.5) is 16.4 Å². The quantitative estimate of drug-likeness (QED) is 0.466. The number of carbonyl (C=O) groups excluding carboxylic acids is 2. The van der Waals surface area contributed by atoms with Gasteiger partial charge in [-0.25, -0.2) is 14.8 Å². The van der Waals surface area contributed by atoms with E-state index in [1.165, 1.54) is 7.05 Å². The van der Waals surface area contributed by atoms with E-state index in [1.54, 1.807) is 4.90 Å². The average Bonchev–Trinajstić information content (AvgIpc) is 3.51. The van der Waals surface area contributed by atoms with Crippen LogP contribution in [0.15, 0.2) is 24.3 Å². The molecule has 1 aliphatic carbocycles. The van der Waals surface area contributed by atoms with Gasteiger partial charge in [-0.15, -0.1) is 10.2 Å². The van der Waals surface area contributed by atoms with Crippen LogP contribution in [0.25, 0.3) is 11.5 Å². The minimum absolute atomic E-state index is 0.0452. The predicted molar refractivity (Wildman–Crippen MR) is 155 cm³/mol. The van der Waals surface area contributed by atoms with Gasteiger partial charge in [0.2, 0.25) is 0 Å². The van der Waals surface area contributed by atoms with Crippen molar-refractivity contribution in [1.82, 2.24) is 30.0 Å². The molecule has 216 valence electrons. The molecule has 0 aromatic carbocycles. The van der Waals surface area contributed by atoms with Crippen LogP contribution in [0.2, 0.25) is 0 Å². The number of rotatable bonds is 6. The number of nitrogens with one attached hydrogen (secondary N) is 1. The normalized spacial score (nSPS) is 19.2. The number of alkyl carbamates (subject to hydrolysis) is 1. The van der Waals surface area contributed by atoms with Crippen LogP contribution in [0.5, 0.6) is 0 Å². The molecule has 3 aliphatic rings. The lowest BCUT2D eigenvalue weighted by molar-refractivity contribution is 0.0976. The monoisotopic (exact) mass is 558 g/mol. The van der Waals surface area contributed by atoms with Crippen molar-refractivity contribution in [3.8, 4) is 11.5 Å². The fourth-order valence-corrected chi connectivity index (χ4v) is 6.15. The van der Waals surface area contributed by atoms with Gasteiger partial charge >= 0.3 is 6.09 Å². The first kappa shape index (κ1) is 27.2. The van der Waals surface area contributed by atoms with Gasteiger partial charge in [0.15, 0.2) is 5.82 Å². The van der Waals surface area contributed by atoms with Crippen molar-refractivity contribution < 1.29 is 14.3 Å². The minimum atomic E-state index is -0.548. The summed E-state index contributed by atoms with van der Waals surface area (Å²) in [5.74, 6) is 2.74. The Balaban J connectivity index is 1.47. The van der Waals surface area contributed by atoms with Crippen molar-refractivity contribution >= 4 is 23.6 Å². The van der Waals surface area contributed by atoms with E-state index in [0.717, 1.165) is 37.1 Å². The van der Waals surface area contributed by atoms with E-state index >= 15 is 0 Å². The van der Waals surface area contributed by atoms with Crippen molar-refractivity contribution in [2.24, 2.45) is 5.41 Å². The smallest absolute Gasteiger partial charge is 0.407 e. The Morgan fingerprint density at radius 3 is 2.63 bits per heavy atom. The summed E-state index contributed by atoms with van der Waals surface area (Å²) in [5, 5.41) is 11.4. The van der Waals surface area contributed by atoms with E-state index in [-0.39, 0.29) is 29.5 Å². The molecular weight excluding hydrogens is 520 g/mol. The molecule has 1 N–H and O–H groups in total. The Morgan fingerprint density at radius 2 is 1.95 bits per heavy atom. The van der Waals surface area contributed by atoms with E-state index in [1.807, 2.05) is 31.3 Å². The molecule has 3 aromatic rings. The SMILES string of the molecule is CNC(=O)OCc1nc(N(C)C2CC2)cc2c1C(C(C)(C)C)N(c1cccc(-c3nnc4n3C(C)(C)CC4)n1)C2=O. The fraction of sp³-hybridized carbons (Fsp3) is 0.533. The van der Waals surface area contributed by atoms with Gasteiger partial charge < -0.3 is 19.5 Å². The number of pyridine rings is 2. The van der Waals surface area contributed by atoms with Crippen LogP contribution >= 0.6 is 0 Å². The molecule has 1 saturated carbocycles. The number of ether oxygens (including phenoxy) is 1. The van der Waals surface area contributed by atoms with Gasteiger partial charge in [-0.1, -0.05) is 26.8 Å². The van der Waals surface area contributed by atoms with E-state index in [0.29, 0.717) is 40.5 Å². The maximum Gasteiger partial charge on any atom is 0.407 e. The molecule has 0 saturated heterocycles. The van der Waals surface area contributed by atoms with Gasteiger partial charge in [0, 0.05) is 37.7 Å². The highest BCUT2D eigenvalue weighted by Gasteiger charge is 2.47. The van der Waals surface area contributed by atoms with Gasteiger partial charge in [-0.05, 0) is 56.7 Å². The molecule has 11 heteroatoms. The molecule has 2 amide bonds. The summed E-state index contributed by atoms with van der Waals surface area (Å²) < 4.78 is 7.65. The van der Waals surface area contributed by atoms with Crippen LogP contribution in [-0.2, 0) is 23.3 Å². The Hall–Kier alpha value is -4.02. The van der Waals surface area contributed by atoms with E-state index in [4.69, 9.17) is 14.7 Å². The largest absolute Gasteiger partial charge is 0.443 e. The number of carbonyl (C=O) groups is 2. The minimum Gasteiger partial charge on any atom is -0.443 e. The Bertz CT molecular complexity index is 1530. The number of fused-ring (bicyclic) bond motifs is 2. The summed E-state index contributed by atoms with van der Waals surface area (Å²) in [6.45, 7) is 10.6. The van der Waals surface area contributed by atoms with Crippen LogP contribution < -0.4 is 15.1 Å². The van der Waals surface area contributed by atoms with Crippen molar-refractivity contribution in [3.63, 3.8) is 0 Å². The fourth-order valence-electron chi connectivity index (χ4n) is 6.15. The standard InChI is InChI=1S/C30H38N8O3/c1-29(2,3)25-24-18(15-23(36(7)17-11-12-17)33-20(24)16-41-28(40)31-6)27(39)37(25)21-10-8-9-19(32-21)26-35-34-22-13-14-30(4,5)38(22)26/h8-10,15,17,25H,11-14,16H2,1-7H3,(H,31,40). The van der Waals surface area contributed by atoms with Crippen LogP contribution in [0, 0.1) is 5.41 Å². The average molecular weight is 559 g/mol. The second-order valence-electron chi connectivity index (χ2n) is 13.0. The third-order valence-corrected chi connectivity index (χ3v) is 8.43. The first-order valence-corrected chi connectivity index (χ1v) is 14.3. The molecular formula is C30H38N8O3. The molecule has 2 aliphatic heterocycles. The van der Waals surface area contributed by atoms with Crippen molar-refractivity contribution in [2.45, 2.75) is 84.5 Å². The maximum absolute atomic E-state index is 14.3. The molecule has 1 unspecified atom stereocenters. The highest BCUT2D eigenvalue weighted by molar-refractivity contribution is 6.11. The zero-order valence-electron chi connectivity index (χ0n) is 24.9. The van der Waals surface area contributed by atoms with Gasteiger partial charge in [0.1, 0.15) is 29.8 Å². The van der Waals surface area contributed by atoms with Gasteiger partial charge in [0.05, 0.1) is 17.3 Å². The van der Waals surface area contributed by atoms with Crippen molar-refractivity contribution in [1.29, 1.82) is 0 Å². The Labute approximate surface area is 240 Å². The summed E-state index contributed by atoms with van der Waals surface area (Å²) in [5.41, 5.74) is 2.09. The summed E-state index contributed by atoms with van der Waals surface area (Å²) in [6.07, 6.45) is 3.49. The number of aromatic nitrogens is 5. The topological polar surface area (TPSA) is 118 Å². The highest BCUT2D eigenvalue weighted by atomic mass is 16.5. The lowest BCUT2D eigenvalue weighted by Crippen LogP contribution is -2.36. The van der Waals surface area contributed by atoms with E-state index < -0.39 is 6.09 Å². The number of hydrogen-bond acceptors (Lipinski definition) is 8. The molecule has 11 nitrogen and oxygen atoms in total. The molecule has 5 heterocycles. The molecule has 0 spiro atoms. The number of aryl methyl sites for hydroxylation is 1. The summed E-state index contributed by atoms with van der Waals surface area (Å²) >= 11 is 0. The van der Waals surface area contributed by atoms with Crippen LogP contribution in [-0.4, -0.2) is 56.9 Å². The number of hydrogen-bond donors (Lipinski definition) is 1. The number of amides is 2. The first-order chi connectivity index (χ1) is 19.4. The summed E-state index contributed by atoms with van der Waals surface area (Å²) in [7, 11) is 3.52. The molecule has 3 aromatic heterocycles. The second kappa shape index (κ2) is 9.53. The third-order valence-electron chi connectivity index (χ3n) is 8.43. The molecule has 41 heavy (non-hydrogen) atoms. The van der Waals surface area contributed by atoms with Gasteiger partial charge in [0.25, 0.3) is 5.91 Å². The Morgan fingerprint density at radius 1 is 1.20 bits per heavy atom. The lowest BCUT2D eigenvalue weighted by atomic mass is 9.81. The van der Waals surface area contributed by atoms with Crippen LogP contribution in [0.1, 0.15) is 87.4 Å². The molecule has 0 radical (unpaired) electrons. The van der Waals surface area contributed by atoms with Gasteiger partial charge in [-0.2, -0.15) is 0 Å². The maximum atomic E-state index is 14.3. The zero-order chi connectivity index (χ0) is 29.3. The third kappa shape index (κ3) is 4.61. The molecule has 6 rings (SSSR count). The second-order valence-corrected chi connectivity index (χ2v) is 13.0. The first-order valence-electron chi connectivity index (χ1n) is 14.3. The van der Waals surface area contributed by atoms with E-state index in [9.17, 15) is 9.59 Å². The highest BCUT2D eigenvalue weighted by Crippen LogP contribution is 2.49. The van der Waals surface area contributed by atoms with Crippen LogP contribution in [0.3, 0.4) is 0 Å². The van der Waals surface area contributed by atoms with Crippen molar-refractivity contribution in [3.05, 3.63) is 46.9 Å². The number of anilines is 2. The summed E-state index contributed by atoms with van der Waals surface area (Å²) in [6, 6.07) is 7.59. The molecule has 1 atom stereocenters. The lowest BCUT2D eigenvalue weighted by Gasteiger charge is -2.35. The van der Waals surface area contributed by atoms with Crippen molar-refractivity contribution in [2.75, 3.05) is 23.9 Å². The number of nitrogens with zero attached hydrogens (tertiary/aromatic N) is 7. The zero-order valence-corrected chi connectivity index (χ0v) is 24.9. The molecule has 0 bridgehead atoms. The Kier molecular flexibility index (Phi) is 6.31. The summed E-state index contributed by atoms with van der Waals surface area (Å²) in [4.78, 5) is 40.2. The van der Waals surface area contributed by atoms with E-state index in [2.05, 4.69) is 59.6 Å². The van der Waals surface area contributed by atoms with Gasteiger partial charge in [-0.3, -0.25) is 9.69 Å².